The van der Waals surface area contributed by atoms with E-state index in [2.05, 4.69) is 5.32 Å². The summed E-state index contributed by atoms with van der Waals surface area (Å²) in [7, 11) is 0. The van der Waals surface area contributed by atoms with E-state index in [0.717, 1.165) is 31.6 Å². The molecule has 0 unspecified atom stereocenters. The zero-order valence-electron chi connectivity index (χ0n) is 10.2. The average molecular weight is 259 g/mol. The minimum atomic E-state index is -1.48. The molecule has 0 spiro atoms. The van der Waals surface area contributed by atoms with Gasteiger partial charge >= 0.3 is 0 Å². The van der Waals surface area contributed by atoms with Crippen molar-refractivity contribution in [3.05, 3.63) is 29.6 Å². The van der Waals surface area contributed by atoms with Gasteiger partial charge in [0, 0.05) is 12.5 Å². The fraction of sp³-hybridized carbons (Fsp3) is 0.538. The molecule has 1 aliphatic rings. The molecule has 1 aromatic rings. The van der Waals surface area contributed by atoms with Gasteiger partial charge in [-0.1, -0.05) is 6.92 Å². The molecule has 0 saturated carbocycles. The molecule has 0 amide bonds. The van der Waals surface area contributed by atoms with E-state index in [4.69, 9.17) is 4.74 Å². The van der Waals surface area contributed by atoms with Gasteiger partial charge in [-0.2, -0.15) is 4.39 Å². The Hall–Kier alpha value is -1.23. The number of nitrogens with one attached hydrogen (secondary N) is 1. The molecule has 18 heavy (non-hydrogen) atoms. The first-order chi connectivity index (χ1) is 8.63. The molecule has 1 aromatic carbocycles. The van der Waals surface area contributed by atoms with Crippen molar-refractivity contribution in [3.8, 4) is 5.75 Å². The highest BCUT2D eigenvalue weighted by molar-refractivity contribution is 5.26. The fourth-order valence-electron chi connectivity index (χ4n) is 2.27. The van der Waals surface area contributed by atoms with Crippen molar-refractivity contribution < 1.29 is 17.9 Å². The first-order valence-corrected chi connectivity index (χ1v) is 6.14. The van der Waals surface area contributed by atoms with Crippen LogP contribution in [0.15, 0.2) is 12.1 Å². The van der Waals surface area contributed by atoms with Crippen LogP contribution in [0.1, 0.15) is 19.8 Å². The van der Waals surface area contributed by atoms with E-state index in [1.54, 1.807) is 0 Å². The van der Waals surface area contributed by atoms with Gasteiger partial charge in [0.15, 0.2) is 17.4 Å². The van der Waals surface area contributed by atoms with Gasteiger partial charge in [-0.3, -0.25) is 0 Å². The molecule has 5 heteroatoms. The van der Waals surface area contributed by atoms with Crippen molar-refractivity contribution >= 4 is 0 Å². The summed E-state index contributed by atoms with van der Waals surface area (Å²) < 4.78 is 44.9. The molecule has 2 rings (SSSR count). The lowest BCUT2D eigenvalue weighted by Crippen LogP contribution is -2.28. The van der Waals surface area contributed by atoms with Gasteiger partial charge in [0.2, 0.25) is 5.82 Å². The molecule has 0 aliphatic carbocycles. The Bertz CT molecular complexity index is 419. The molecule has 0 bridgehead atoms. The summed E-state index contributed by atoms with van der Waals surface area (Å²) in [6, 6.07) is 2.02. The topological polar surface area (TPSA) is 21.3 Å². The molecular weight excluding hydrogens is 243 g/mol. The summed E-state index contributed by atoms with van der Waals surface area (Å²) in [5, 5.41) is 3.20. The molecule has 1 saturated heterocycles. The van der Waals surface area contributed by atoms with Gasteiger partial charge in [-0.25, -0.2) is 8.78 Å². The van der Waals surface area contributed by atoms with Crippen molar-refractivity contribution in [3.63, 3.8) is 0 Å². The van der Waals surface area contributed by atoms with E-state index in [-0.39, 0.29) is 17.8 Å². The molecule has 1 aliphatic heterocycles. The second-order valence-corrected chi connectivity index (χ2v) is 4.49. The molecule has 100 valence electrons. The van der Waals surface area contributed by atoms with Crippen molar-refractivity contribution in [2.24, 2.45) is 5.92 Å². The van der Waals surface area contributed by atoms with Crippen LogP contribution in [0.2, 0.25) is 0 Å². The molecule has 0 radical (unpaired) electrons. The molecule has 1 fully saturated rings. The number of rotatable bonds is 4. The van der Waals surface area contributed by atoms with Crippen molar-refractivity contribution in [2.45, 2.75) is 25.9 Å². The van der Waals surface area contributed by atoms with E-state index < -0.39 is 17.5 Å². The van der Waals surface area contributed by atoms with Crippen LogP contribution in [0, 0.1) is 23.4 Å². The summed E-state index contributed by atoms with van der Waals surface area (Å²) >= 11 is 0. The fourth-order valence-corrected chi connectivity index (χ4v) is 2.27. The van der Waals surface area contributed by atoms with Crippen LogP contribution in [0.4, 0.5) is 13.2 Å². The Balaban J connectivity index is 2.14. The van der Waals surface area contributed by atoms with Gasteiger partial charge in [0.05, 0.1) is 0 Å². The SMILES string of the molecule is CC[C@H](Oc1ccc(F)c(F)c1F)[C@H]1CCNC1. The number of benzene rings is 1. The Kier molecular flexibility index (Phi) is 4.11. The summed E-state index contributed by atoms with van der Waals surface area (Å²) in [5.41, 5.74) is 0. The first kappa shape index (κ1) is 13.2. The number of hydrogen-bond acceptors (Lipinski definition) is 2. The minimum Gasteiger partial charge on any atom is -0.487 e. The highest BCUT2D eigenvalue weighted by Gasteiger charge is 2.26. The predicted octanol–water partition coefficient (Wildman–Crippen LogP) is 2.87. The Labute approximate surface area is 104 Å². The summed E-state index contributed by atoms with van der Waals surface area (Å²) in [6.07, 6.45) is 1.47. The predicted molar refractivity (Wildman–Crippen MR) is 62.0 cm³/mol. The molecule has 2 nitrogen and oxygen atoms in total. The van der Waals surface area contributed by atoms with Crippen molar-refractivity contribution in [1.82, 2.24) is 5.32 Å². The van der Waals surface area contributed by atoms with E-state index in [9.17, 15) is 13.2 Å². The van der Waals surface area contributed by atoms with Gasteiger partial charge < -0.3 is 10.1 Å². The van der Waals surface area contributed by atoms with Crippen LogP contribution in [-0.4, -0.2) is 19.2 Å². The maximum Gasteiger partial charge on any atom is 0.203 e. The third-order valence-corrected chi connectivity index (χ3v) is 3.30. The van der Waals surface area contributed by atoms with Crippen LogP contribution < -0.4 is 10.1 Å². The number of ether oxygens (including phenoxy) is 1. The smallest absolute Gasteiger partial charge is 0.203 e. The summed E-state index contributed by atoms with van der Waals surface area (Å²) in [5.74, 6) is -3.86. The van der Waals surface area contributed by atoms with E-state index >= 15 is 0 Å². The Morgan fingerprint density at radius 3 is 2.72 bits per heavy atom. The van der Waals surface area contributed by atoms with Crippen molar-refractivity contribution in [2.75, 3.05) is 13.1 Å². The number of hydrogen-bond donors (Lipinski definition) is 1. The number of halogens is 3. The van der Waals surface area contributed by atoms with Crippen LogP contribution in [0.5, 0.6) is 5.75 Å². The van der Waals surface area contributed by atoms with Gasteiger partial charge in [-0.05, 0) is 31.5 Å². The molecule has 2 atom stereocenters. The lowest BCUT2D eigenvalue weighted by molar-refractivity contribution is 0.131. The first-order valence-electron chi connectivity index (χ1n) is 6.14. The Morgan fingerprint density at radius 2 is 2.11 bits per heavy atom. The highest BCUT2D eigenvalue weighted by Crippen LogP contribution is 2.26. The second kappa shape index (κ2) is 5.61. The lowest BCUT2D eigenvalue weighted by atomic mass is 9.99. The standard InChI is InChI=1S/C13H16F3NO/c1-2-10(8-5-6-17-7-8)18-11-4-3-9(14)12(15)13(11)16/h3-4,8,10,17H,2,5-7H2,1H3/t8-,10-/m0/s1. The quantitative estimate of drug-likeness (QED) is 0.839. The Morgan fingerprint density at radius 1 is 1.33 bits per heavy atom. The third kappa shape index (κ3) is 2.61. The lowest BCUT2D eigenvalue weighted by Gasteiger charge is -2.23. The van der Waals surface area contributed by atoms with Crippen LogP contribution >= 0.6 is 0 Å². The van der Waals surface area contributed by atoms with E-state index in [0.29, 0.717) is 6.42 Å². The monoisotopic (exact) mass is 259 g/mol. The molecule has 1 heterocycles. The average Bonchev–Trinajstić information content (AvgIpc) is 2.89. The van der Waals surface area contributed by atoms with Crippen LogP contribution in [-0.2, 0) is 0 Å². The van der Waals surface area contributed by atoms with Gasteiger partial charge in [-0.15, -0.1) is 0 Å². The zero-order valence-corrected chi connectivity index (χ0v) is 10.2. The molecule has 1 N–H and O–H groups in total. The highest BCUT2D eigenvalue weighted by atomic mass is 19.2. The zero-order chi connectivity index (χ0) is 13.1. The molecular formula is C13H16F3NO. The summed E-state index contributed by atoms with van der Waals surface area (Å²) in [6.45, 7) is 3.65. The van der Waals surface area contributed by atoms with Crippen LogP contribution in [0.25, 0.3) is 0 Å². The second-order valence-electron chi connectivity index (χ2n) is 4.49. The maximum absolute atomic E-state index is 13.5. The van der Waals surface area contributed by atoms with Crippen molar-refractivity contribution in [1.29, 1.82) is 0 Å². The van der Waals surface area contributed by atoms with Gasteiger partial charge in [0.1, 0.15) is 6.10 Å². The third-order valence-electron chi connectivity index (χ3n) is 3.30. The summed E-state index contributed by atoms with van der Waals surface area (Å²) in [4.78, 5) is 0. The van der Waals surface area contributed by atoms with E-state index in [1.807, 2.05) is 6.92 Å². The van der Waals surface area contributed by atoms with E-state index in [1.165, 1.54) is 0 Å². The minimum absolute atomic E-state index is 0.181. The van der Waals surface area contributed by atoms with Gasteiger partial charge in [0.25, 0.3) is 0 Å². The normalized spacial score (nSPS) is 21.0. The molecule has 0 aromatic heterocycles. The largest absolute Gasteiger partial charge is 0.487 e. The van der Waals surface area contributed by atoms with Crippen LogP contribution in [0.3, 0.4) is 0 Å². The maximum atomic E-state index is 13.5.